The summed E-state index contributed by atoms with van der Waals surface area (Å²) in [6.45, 7) is 5.77. The predicted octanol–water partition coefficient (Wildman–Crippen LogP) is 1.42. The maximum atomic E-state index is 12.2. The van der Waals surface area contributed by atoms with Crippen molar-refractivity contribution >= 4 is 11.9 Å². The SMILES string of the molecule is C=C(C(=O)NC(C(=O)OC)C(C)C)C(F)(F)F. The number of carbonyl (C=O) groups is 2. The van der Waals surface area contributed by atoms with Gasteiger partial charge in [-0.25, -0.2) is 4.79 Å². The molecule has 17 heavy (non-hydrogen) atoms. The van der Waals surface area contributed by atoms with E-state index in [4.69, 9.17) is 0 Å². The number of halogens is 3. The molecule has 0 bridgehead atoms. The van der Waals surface area contributed by atoms with Crippen molar-refractivity contribution in [3.8, 4) is 0 Å². The Morgan fingerprint density at radius 1 is 1.29 bits per heavy atom. The van der Waals surface area contributed by atoms with Gasteiger partial charge in [0.1, 0.15) is 11.6 Å². The summed E-state index contributed by atoms with van der Waals surface area (Å²) in [5.41, 5.74) is -1.55. The zero-order chi connectivity index (χ0) is 13.8. The third-order valence-electron chi connectivity index (χ3n) is 2.02. The molecule has 98 valence electrons. The van der Waals surface area contributed by atoms with Gasteiger partial charge >= 0.3 is 12.1 Å². The van der Waals surface area contributed by atoms with E-state index in [0.717, 1.165) is 7.11 Å². The van der Waals surface area contributed by atoms with Crippen molar-refractivity contribution in [3.63, 3.8) is 0 Å². The maximum absolute atomic E-state index is 12.2. The normalized spacial score (nSPS) is 13.1. The molecule has 0 fully saturated rings. The monoisotopic (exact) mass is 253 g/mol. The van der Waals surface area contributed by atoms with Gasteiger partial charge in [-0.3, -0.25) is 4.79 Å². The molecule has 0 aliphatic heterocycles. The minimum absolute atomic E-state index is 0.396. The first kappa shape index (κ1) is 15.5. The van der Waals surface area contributed by atoms with Crippen LogP contribution in [0.3, 0.4) is 0 Å². The second-order valence-corrected chi connectivity index (χ2v) is 3.69. The number of hydrogen-bond donors (Lipinski definition) is 1. The van der Waals surface area contributed by atoms with Gasteiger partial charge in [0.05, 0.1) is 7.11 Å². The number of alkyl halides is 3. The molecule has 0 saturated heterocycles. The van der Waals surface area contributed by atoms with E-state index >= 15 is 0 Å². The Kier molecular flexibility index (Phi) is 5.18. The standard InChI is InChI=1S/C10H14F3NO3/c1-5(2)7(9(16)17-4)14-8(15)6(3)10(11,12)13/h5,7H,3H2,1-2,4H3,(H,14,15). The van der Waals surface area contributed by atoms with Crippen LogP contribution in [0, 0.1) is 5.92 Å². The summed E-state index contributed by atoms with van der Waals surface area (Å²) in [6.07, 6.45) is -4.82. The van der Waals surface area contributed by atoms with Crippen LogP contribution in [0.2, 0.25) is 0 Å². The van der Waals surface area contributed by atoms with Gasteiger partial charge in [0, 0.05) is 0 Å². The highest BCUT2D eigenvalue weighted by Gasteiger charge is 2.38. The van der Waals surface area contributed by atoms with Gasteiger partial charge < -0.3 is 10.1 Å². The highest BCUT2D eigenvalue weighted by molar-refractivity contribution is 5.96. The van der Waals surface area contributed by atoms with Crippen LogP contribution >= 0.6 is 0 Å². The highest BCUT2D eigenvalue weighted by atomic mass is 19.4. The van der Waals surface area contributed by atoms with Gasteiger partial charge in [-0.05, 0) is 5.92 Å². The minimum Gasteiger partial charge on any atom is -0.467 e. The number of esters is 1. The number of amides is 1. The first-order valence-electron chi connectivity index (χ1n) is 4.76. The summed E-state index contributed by atoms with van der Waals surface area (Å²) in [5.74, 6) is -2.63. The molecule has 0 heterocycles. The molecule has 0 rings (SSSR count). The van der Waals surface area contributed by atoms with Crippen LogP contribution in [0.25, 0.3) is 0 Å². The third-order valence-corrected chi connectivity index (χ3v) is 2.02. The molecule has 1 amide bonds. The van der Waals surface area contributed by atoms with Crippen LogP contribution in [0.1, 0.15) is 13.8 Å². The number of hydrogen-bond acceptors (Lipinski definition) is 3. The molecule has 0 aromatic rings. The number of carbonyl (C=O) groups excluding carboxylic acids is 2. The first-order chi connectivity index (χ1) is 7.61. The van der Waals surface area contributed by atoms with Gasteiger partial charge in [0.15, 0.2) is 0 Å². The number of methoxy groups -OCH3 is 1. The molecular formula is C10H14F3NO3. The molecule has 4 nitrogen and oxygen atoms in total. The molecular weight excluding hydrogens is 239 g/mol. The van der Waals surface area contributed by atoms with Crippen molar-refractivity contribution in [2.45, 2.75) is 26.1 Å². The summed E-state index contributed by atoms with van der Waals surface area (Å²) < 4.78 is 40.8. The first-order valence-corrected chi connectivity index (χ1v) is 4.76. The van der Waals surface area contributed by atoms with Crippen LogP contribution in [0.5, 0.6) is 0 Å². The zero-order valence-electron chi connectivity index (χ0n) is 9.72. The lowest BCUT2D eigenvalue weighted by Gasteiger charge is -2.20. The molecule has 0 aliphatic rings. The lowest BCUT2D eigenvalue weighted by molar-refractivity contribution is -0.147. The Morgan fingerprint density at radius 3 is 2.06 bits per heavy atom. The molecule has 1 N–H and O–H groups in total. The molecule has 0 spiro atoms. The summed E-state index contributed by atoms with van der Waals surface area (Å²) in [5, 5.41) is 1.94. The van der Waals surface area contributed by atoms with Crippen molar-refractivity contribution < 1.29 is 27.5 Å². The Labute approximate surface area is 96.8 Å². The second kappa shape index (κ2) is 5.70. The smallest absolute Gasteiger partial charge is 0.421 e. The molecule has 0 aromatic carbocycles. The van der Waals surface area contributed by atoms with E-state index in [1.54, 1.807) is 13.8 Å². The van der Waals surface area contributed by atoms with Crippen LogP contribution < -0.4 is 5.32 Å². The molecule has 0 aliphatic carbocycles. The minimum atomic E-state index is -4.82. The molecule has 0 radical (unpaired) electrons. The van der Waals surface area contributed by atoms with Crippen molar-refractivity contribution in [1.29, 1.82) is 0 Å². The van der Waals surface area contributed by atoms with E-state index in [0.29, 0.717) is 0 Å². The Hall–Kier alpha value is -1.53. The number of rotatable bonds is 4. The number of ether oxygens (including phenoxy) is 1. The maximum Gasteiger partial charge on any atom is 0.421 e. The van der Waals surface area contributed by atoms with E-state index < -0.39 is 35.6 Å². The molecule has 0 aromatic heterocycles. The van der Waals surface area contributed by atoms with Crippen LogP contribution in [0.4, 0.5) is 13.2 Å². The average molecular weight is 253 g/mol. The van der Waals surface area contributed by atoms with Gasteiger partial charge in [-0.1, -0.05) is 20.4 Å². The molecule has 0 saturated carbocycles. The second-order valence-electron chi connectivity index (χ2n) is 3.69. The quantitative estimate of drug-likeness (QED) is 0.609. The summed E-state index contributed by atoms with van der Waals surface area (Å²) in [7, 11) is 1.09. The third kappa shape index (κ3) is 4.46. The van der Waals surface area contributed by atoms with E-state index in [1.165, 1.54) is 0 Å². The Morgan fingerprint density at radius 2 is 1.76 bits per heavy atom. The van der Waals surface area contributed by atoms with Gasteiger partial charge in [0.2, 0.25) is 0 Å². The largest absolute Gasteiger partial charge is 0.467 e. The lowest BCUT2D eigenvalue weighted by Crippen LogP contribution is -2.46. The Balaban J connectivity index is 4.75. The van der Waals surface area contributed by atoms with Crippen LogP contribution in [-0.2, 0) is 14.3 Å². The van der Waals surface area contributed by atoms with E-state index in [1.807, 2.05) is 5.32 Å². The predicted molar refractivity (Wildman–Crippen MR) is 54.0 cm³/mol. The van der Waals surface area contributed by atoms with Crippen molar-refractivity contribution in [2.75, 3.05) is 7.11 Å². The molecule has 1 unspecified atom stereocenters. The highest BCUT2D eigenvalue weighted by Crippen LogP contribution is 2.24. The average Bonchev–Trinajstić information content (AvgIpc) is 2.21. The topological polar surface area (TPSA) is 55.4 Å². The van der Waals surface area contributed by atoms with Crippen molar-refractivity contribution in [2.24, 2.45) is 5.92 Å². The fraction of sp³-hybridized carbons (Fsp3) is 0.600. The summed E-state index contributed by atoms with van der Waals surface area (Å²) in [6, 6.07) is -1.13. The van der Waals surface area contributed by atoms with Gasteiger partial charge in [-0.2, -0.15) is 13.2 Å². The summed E-state index contributed by atoms with van der Waals surface area (Å²) >= 11 is 0. The summed E-state index contributed by atoms with van der Waals surface area (Å²) in [4.78, 5) is 22.4. The Bertz CT molecular complexity index is 323. The van der Waals surface area contributed by atoms with E-state index in [-0.39, 0.29) is 0 Å². The molecule has 7 heteroatoms. The van der Waals surface area contributed by atoms with Crippen LogP contribution in [-0.4, -0.2) is 31.2 Å². The van der Waals surface area contributed by atoms with E-state index in [2.05, 4.69) is 11.3 Å². The fourth-order valence-corrected chi connectivity index (χ4v) is 0.982. The zero-order valence-corrected chi connectivity index (χ0v) is 9.72. The molecule has 1 atom stereocenters. The van der Waals surface area contributed by atoms with Crippen LogP contribution in [0.15, 0.2) is 12.2 Å². The fourth-order valence-electron chi connectivity index (χ4n) is 0.982. The number of nitrogens with one attached hydrogen (secondary N) is 1. The van der Waals surface area contributed by atoms with E-state index in [9.17, 15) is 22.8 Å². The van der Waals surface area contributed by atoms with Crippen molar-refractivity contribution in [1.82, 2.24) is 5.32 Å². The van der Waals surface area contributed by atoms with Crippen molar-refractivity contribution in [3.05, 3.63) is 12.2 Å². The van der Waals surface area contributed by atoms with Gasteiger partial charge in [-0.15, -0.1) is 0 Å². The lowest BCUT2D eigenvalue weighted by atomic mass is 10.0. The van der Waals surface area contributed by atoms with Gasteiger partial charge in [0.25, 0.3) is 5.91 Å².